The number of anilines is 1. The summed E-state index contributed by atoms with van der Waals surface area (Å²) in [4.78, 5) is 12.2. The number of para-hydroxylation sites is 2. The van der Waals surface area contributed by atoms with E-state index in [1.807, 2.05) is 73.7 Å². The van der Waals surface area contributed by atoms with Crippen LogP contribution in [-0.2, 0) is 17.8 Å². The highest BCUT2D eigenvalue weighted by Gasteiger charge is 2.21. The fourth-order valence-electron chi connectivity index (χ4n) is 3.66. The van der Waals surface area contributed by atoms with E-state index in [2.05, 4.69) is 16.7 Å². The van der Waals surface area contributed by atoms with Crippen LogP contribution >= 0.6 is 0 Å². The van der Waals surface area contributed by atoms with Crippen molar-refractivity contribution < 1.29 is 19.0 Å². The maximum absolute atomic E-state index is 12.2. The van der Waals surface area contributed by atoms with Crippen molar-refractivity contribution in [3.05, 3.63) is 83.9 Å². The Morgan fingerprint density at radius 1 is 1.00 bits per heavy atom. The van der Waals surface area contributed by atoms with Gasteiger partial charge >= 0.3 is 0 Å². The van der Waals surface area contributed by atoms with E-state index < -0.39 is 0 Å². The molecule has 2 N–H and O–H groups in total. The number of amides is 1. The predicted octanol–water partition coefficient (Wildman–Crippen LogP) is 4.20. The highest BCUT2D eigenvalue weighted by atomic mass is 16.5. The number of ether oxygens (including phenoxy) is 3. The van der Waals surface area contributed by atoms with E-state index in [9.17, 15) is 4.79 Å². The van der Waals surface area contributed by atoms with Crippen LogP contribution < -0.4 is 24.8 Å². The normalized spacial score (nSPS) is 14.3. The van der Waals surface area contributed by atoms with Gasteiger partial charge in [-0.3, -0.25) is 4.79 Å². The Balaban J connectivity index is 1.28. The van der Waals surface area contributed by atoms with Gasteiger partial charge in [-0.2, -0.15) is 0 Å². The summed E-state index contributed by atoms with van der Waals surface area (Å²) in [6.07, 6.45) is 1.06. The van der Waals surface area contributed by atoms with E-state index in [0.717, 1.165) is 30.0 Å². The molecule has 1 atom stereocenters. The highest BCUT2D eigenvalue weighted by molar-refractivity contribution is 5.91. The molecule has 3 aromatic carbocycles. The van der Waals surface area contributed by atoms with Crippen LogP contribution in [0.1, 0.15) is 18.1 Å². The quantitative estimate of drug-likeness (QED) is 0.503. The molecule has 3 aromatic rings. The minimum atomic E-state index is -0.220. The van der Waals surface area contributed by atoms with Gasteiger partial charge in [0.25, 0.3) is 5.91 Å². The number of carbonyl (C=O) groups excluding carboxylic acids is 1. The van der Waals surface area contributed by atoms with Crippen molar-refractivity contribution in [3.63, 3.8) is 0 Å². The molecule has 4 rings (SSSR count). The molecule has 1 amide bonds. The number of hydrogen-bond acceptors (Lipinski definition) is 5. The summed E-state index contributed by atoms with van der Waals surface area (Å²) >= 11 is 0. The van der Waals surface area contributed by atoms with Crippen LogP contribution in [0.4, 0.5) is 5.69 Å². The Kier molecular flexibility index (Phi) is 7.25. The van der Waals surface area contributed by atoms with Gasteiger partial charge in [-0.15, -0.1) is 0 Å². The molecule has 6 nitrogen and oxygen atoms in total. The average Bonchev–Trinajstić information content (AvgIpc) is 3.22. The van der Waals surface area contributed by atoms with Crippen molar-refractivity contribution in [2.24, 2.45) is 0 Å². The summed E-state index contributed by atoms with van der Waals surface area (Å²) in [6.45, 7) is 3.79. The summed E-state index contributed by atoms with van der Waals surface area (Å²) in [5, 5.41) is 6.27. The topological polar surface area (TPSA) is 68.8 Å². The number of rotatable bonds is 10. The molecule has 0 fully saturated rings. The molecule has 0 saturated heterocycles. The molecule has 0 radical (unpaired) electrons. The first-order valence-electron chi connectivity index (χ1n) is 10.9. The third-order valence-electron chi connectivity index (χ3n) is 5.14. The van der Waals surface area contributed by atoms with Gasteiger partial charge in [-0.1, -0.05) is 42.5 Å². The minimum absolute atomic E-state index is 0.0911. The molecular formula is C26H28N2O4. The summed E-state index contributed by atoms with van der Waals surface area (Å²) in [6, 6.07) is 23.3. The molecule has 1 aliphatic rings. The van der Waals surface area contributed by atoms with E-state index in [0.29, 0.717) is 24.7 Å². The molecule has 1 unspecified atom stereocenters. The third kappa shape index (κ3) is 5.80. The lowest BCUT2D eigenvalue weighted by atomic mass is 10.1. The molecule has 1 aliphatic heterocycles. The fourth-order valence-corrected chi connectivity index (χ4v) is 3.66. The van der Waals surface area contributed by atoms with Gasteiger partial charge in [0.2, 0.25) is 0 Å². The second-order valence-electron chi connectivity index (χ2n) is 7.60. The molecule has 0 aliphatic carbocycles. The number of carbonyl (C=O) groups is 1. The molecule has 0 bridgehead atoms. The maximum atomic E-state index is 12.2. The summed E-state index contributed by atoms with van der Waals surface area (Å²) < 4.78 is 17.4. The van der Waals surface area contributed by atoms with E-state index in [4.69, 9.17) is 14.2 Å². The van der Waals surface area contributed by atoms with Gasteiger partial charge < -0.3 is 24.8 Å². The van der Waals surface area contributed by atoms with Gasteiger partial charge in [-0.05, 0) is 48.4 Å². The number of benzene rings is 3. The first-order valence-corrected chi connectivity index (χ1v) is 10.9. The lowest BCUT2D eigenvalue weighted by molar-refractivity contribution is -0.118. The Bertz CT molecular complexity index is 1010. The largest absolute Gasteiger partial charge is 0.490 e. The van der Waals surface area contributed by atoms with Gasteiger partial charge in [0.15, 0.2) is 18.1 Å². The van der Waals surface area contributed by atoms with E-state index in [1.165, 1.54) is 5.56 Å². The van der Waals surface area contributed by atoms with Crippen LogP contribution in [0.25, 0.3) is 0 Å². The zero-order chi connectivity index (χ0) is 22.2. The lowest BCUT2D eigenvalue weighted by Gasteiger charge is -2.15. The zero-order valence-electron chi connectivity index (χ0n) is 18.2. The van der Waals surface area contributed by atoms with Gasteiger partial charge in [0, 0.05) is 25.2 Å². The van der Waals surface area contributed by atoms with Gasteiger partial charge in [0.1, 0.15) is 11.9 Å². The summed E-state index contributed by atoms with van der Waals surface area (Å²) in [5.41, 5.74) is 3.07. The first kappa shape index (κ1) is 21.7. The summed E-state index contributed by atoms with van der Waals surface area (Å²) in [7, 11) is 0. The highest BCUT2D eigenvalue weighted by Crippen LogP contribution is 2.29. The van der Waals surface area contributed by atoms with Crippen molar-refractivity contribution in [2.75, 3.05) is 25.1 Å². The monoisotopic (exact) mass is 432 g/mol. The maximum Gasteiger partial charge on any atom is 0.262 e. The standard InChI is InChI=1S/C26H28N2O4/c1-2-30-25-14-19(16-27-17-22-15-20-8-6-7-11-23(20)32-22)12-13-24(25)31-18-26(29)28-21-9-4-3-5-10-21/h3-14,22,27H,2,15-18H2,1H3,(H,28,29). The Morgan fingerprint density at radius 3 is 2.62 bits per heavy atom. The van der Waals surface area contributed by atoms with Crippen LogP contribution in [0.3, 0.4) is 0 Å². The lowest BCUT2D eigenvalue weighted by Crippen LogP contribution is -2.29. The van der Waals surface area contributed by atoms with Crippen molar-refractivity contribution >= 4 is 11.6 Å². The van der Waals surface area contributed by atoms with Crippen molar-refractivity contribution in [1.82, 2.24) is 5.32 Å². The minimum Gasteiger partial charge on any atom is -0.490 e. The van der Waals surface area contributed by atoms with E-state index >= 15 is 0 Å². The van der Waals surface area contributed by atoms with E-state index in [-0.39, 0.29) is 18.6 Å². The van der Waals surface area contributed by atoms with Crippen LogP contribution in [0, 0.1) is 0 Å². The SMILES string of the molecule is CCOc1cc(CNCC2Cc3ccccc3O2)ccc1OCC(=O)Nc1ccccc1. The molecule has 1 heterocycles. The molecule has 166 valence electrons. The molecule has 32 heavy (non-hydrogen) atoms. The van der Waals surface area contributed by atoms with E-state index in [1.54, 1.807) is 0 Å². The second-order valence-corrected chi connectivity index (χ2v) is 7.60. The van der Waals surface area contributed by atoms with Crippen LogP contribution in [0.15, 0.2) is 72.8 Å². The molecule has 0 aromatic heterocycles. The number of fused-ring (bicyclic) bond motifs is 1. The molecule has 0 saturated carbocycles. The van der Waals surface area contributed by atoms with Gasteiger partial charge in [-0.25, -0.2) is 0 Å². The van der Waals surface area contributed by atoms with Gasteiger partial charge in [0.05, 0.1) is 6.61 Å². The first-order chi connectivity index (χ1) is 15.7. The Hall–Kier alpha value is -3.51. The van der Waals surface area contributed by atoms with Crippen LogP contribution in [-0.4, -0.2) is 31.8 Å². The molecule has 0 spiro atoms. The fraction of sp³-hybridized carbons (Fsp3) is 0.269. The molecular weight excluding hydrogens is 404 g/mol. The Morgan fingerprint density at radius 2 is 1.81 bits per heavy atom. The third-order valence-corrected chi connectivity index (χ3v) is 5.14. The van der Waals surface area contributed by atoms with Crippen molar-refractivity contribution in [2.45, 2.75) is 26.0 Å². The van der Waals surface area contributed by atoms with Crippen molar-refractivity contribution in [3.8, 4) is 17.2 Å². The van der Waals surface area contributed by atoms with Crippen LogP contribution in [0.2, 0.25) is 0 Å². The zero-order valence-corrected chi connectivity index (χ0v) is 18.2. The van der Waals surface area contributed by atoms with Crippen LogP contribution in [0.5, 0.6) is 17.2 Å². The molecule has 6 heteroatoms. The average molecular weight is 433 g/mol. The number of nitrogens with one attached hydrogen (secondary N) is 2. The Labute approximate surface area is 188 Å². The smallest absolute Gasteiger partial charge is 0.262 e. The summed E-state index contributed by atoms with van der Waals surface area (Å²) in [5.74, 6) is 1.94. The number of hydrogen-bond donors (Lipinski definition) is 2. The second kappa shape index (κ2) is 10.7. The van der Waals surface area contributed by atoms with Crippen molar-refractivity contribution in [1.29, 1.82) is 0 Å². The predicted molar refractivity (Wildman–Crippen MR) is 124 cm³/mol.